The van der Waals surface area contributed by atoms with Crippen LogP contribution in [0.5, 0.6) is 11.5 Å². The van der Waals surface area contributed by atoms with Gasteiger partial charge in [0.05, 0.1) is 18.7 Å². The van der Waals surface area contributed by atoms with E-state index >= 15 is 0 Å². The third-order valence-electron chi connectivity index (χ3n) is 4.17. The Kier molecular flexibility index (Phi) is 4.69. The maximum absolute atomic E-state index is 5.33. The molecule has 2 aromatic rings. The maximum atomic E-state index is 5.33. The summed E-state index contributed by atoms with van der Waals surface area (Å²) in [7, 11) is 3.40. The fourth-order valence-electron chi connectivity index (χ4n) is 3.01. The van der Waals surface area contributed by atoms with Gasteiger partial charge in [-0.05, 0) is 76.3 Å². The molecule has 1 N–H and O–H groups in total. The lowest BCUT2D eigenvalue weighted by Crippen LogP contribution is -2.31. The molecule has 0 saturated heterocycles. The lowest BCUT2D eigenvalue weighted by atomic mass is 9.90. The molecule has 3 rings (SSSR count). The smallest absolute Gasteiger partial charge is 0.133 e. The van der Waals surface area contributed by atoms with Crippen molar-refractivity contribution in [1.29, 1.82) is 0 Å². The van der Waals surface area contributed by atoms with Crippen molar-refractivity contribution >= 4 is 15.9 Å². The van der Waals surface area contributed by atoms with Crippen LogP contribution in [-0.4, -0.2) is 20.8 Å². The quantitative estimate of drug-likeness (QED) is 0.895. The molecule has 3 nitrogen and oxygen atoms in total. The molecule has 2 aromatic carbocycles. The number of nitrogens with one attached hydrogen (secondary N) is 1. The van der Waals surface area contributed by atoms with Gasteiger partial charge in [0, 0.05) is 6.04 Å². The van der Waals surface area contributed by atoms with Gasteiger partial charge in [-0.15, -0.1) is 0 Å². The minimum Gasteiger partial charge on any atom is -0.497 e. The highest BCUT2D eigenvalue weighted by atomic mass is 79.9. The van der Waals surface area contributed by atoms with E-state index in [1.807, 2.05) is 12.1 Å². The van der Waals surface area contributed by atoms with Crippen LogP contribution in [0, 0.1) is 0 Å². The zero-order valence-corrected chi connectivity index (χ0v) is 14.4. The van der Waals surface area contributed by atoms with Crippen LogP contribution in [0.1, 0.15) is 22.7 Å². The van der Waals surface area contributed by atoms with Crippen LogP contribution in [0.4, 0.5) is 0 Å². The van der Waals surface area contributed by atoms with E-state index in [2.05, 4.69) is 45.5 Å². The van der Waals surface area contributed by atoms with Crippen LogP contribution in [0.2, 0.25) is 0 Å². The molecule has 1 heterocycles. The molecule has 0 aliphatic carbocycles. The SMILES string of the molecule is COc1ccc2c(c1)CCNC2Cc1ccc(OC)c(Br)c1. The molecule has 4 heteroatoms. The van der Waals surface area contributed by atoms with Crippen molar-refractivity contribution in [2.45, 2.75) is 18.9 Å². The third-order valence-corrected chi connectivity index (χ3v) is 4.79. The molecule has 0 spiro atoms. The Morgan fingerprint density at radius 2 is 2.00 bits per heavy atom. The van der Waals surface area contributed by atoms with Crippen LogP contribution >= 0.6 is 15.9 Å². The zero-order valence-electron chi connectivity index (χ0n) is 12.9. The Hall–Kier alpha value is -1.52. The Labute approximate surface area is 139 Å². The van der Waals surface area contributed by atoms with Crippen molar-refractivity contribution in [3.63, 3.8) is 0 Å². The summed E-state index contributed by atoms with van der Waals surface area (Å²) >= 11 is 3.56. The minimum absolute atomic E-state index is 0.343. The van der Waals surface area contributed by atoms with E-state index in [9.17, 15) is 0 Å². The molecule has 1 atom stereocenters. The standard InChI is InChI=1S/C18H20BrNO2/c1-21-14-4-5-15-13(11-14)7-8-20-17(15)10-12-3-6-18(22-2)16(19)9-12/h3-6,9,11,17,20H,7-8,10H2,1-2H3. The summed E-state index contributed by atoms with van der Waals surface area (Å²) in [5.74, 6) is 1.80. The van der Waals surface area contributed by atoms with Crippen LogP contribution in [0.25, 0.3) is 0 Å². The van der Waals surface area contributed by atoms with Gasteiger partial charge in [0.25, 0.3) is 0 Å². The van der Waals surface area contributed by atoms with E-state index in [0.29, 0.717) is 6.04 Å². The molecule has 0 fully saturated rings. The first kappa shape index (κ1) is 15.4. The summed E-state index contributed by atoms with van der Waals surface area (Å²) in [5.41, 5.74) is 4.04. The largest absolute Gasteiger partial charge is 0.497 e. The number of hydrogen-bond donors (Lipinski definition) is 1. The van der Waals surface area contributed by atoms with Crippen LogP contribution in [0.15, 0.2) is 40.9 Å². The average Bonchev–Trinajstić information content (AvgIpc) is 2.55. The summed E-state index contributed by atoms with van der Waals surface area (Å²) in [6, 6.07) is 13.0. The molecular weight excluding hydrogens is 342 g/mol. The van der Waals surface area contributed by atoms with Gasteiger partial charge in [-0.2, -0.15) is 0 Å². The molecule has 22 heavy (non-hydrogen) atoms. The summed E-state index contributed by atoms with van der Waals surface area (Å²) in [5, 5.41) is 3.62. The van der Waals surface area contributed by atoms with Crippen molar-refractivity contribution in [3.05, 3.63) is 57.6 Å². The van der Waals surface area contributed by atoms with Gasteiger partial charge in [0.1, 0.15) is 11.5 Å². The predicted molar refractivity (Wildman–Crippen MR) is 91.8 cm³/mol. The second-order valence-corrected chi connectivity index (χ2v) is 6.35. The van der Waals surface area contributed by atoms with E-state index in [4.69, 9.17) is 9.47 Å². The lowest BCUT2D eigenvalue weighted by molar-refractivity contribution is 0.411. The molecule has 1 aliphatic heterocycles. The van der Waals surface area contributed by atoms with Gasteiger partial charge in [0.2, 0.25) is 0 Å². The first-order valence-corrected chi connectivity index (χ1v) is 8.23. The fraction of sp³-hybridized carbons (Fsp3) is 0.333. The fourth-order valence-corrected chi connectivity index (χ4v) is 3.60. The van der Waals surface area contributed by atoms with Gasteiger partial charge in [-0.25, -0.2) is 0 Å². The minimum atomic E-state index is 0.343. The van der Waals surface area contributed by atoms with Crippen LogP contribution < -0.4 is 14.8 Å². The van der Waals surface area contributed by atoms with Gasteiger partial charge in [0.15, 0.2) is 0 Å². The van der Waals surface area contributed by atoms with Crippen LogP contribution in [0.3, 0.4) is 0 Å². The number of benzene rings is 2. The summed E-state index contributed by atoms with van der Waals surface area (Å²) in [6.45, 7) is 1.00. The Balaban J connectivity index is 1.84. The first-order valence-electron chi connectivity index (χ1n) is 7.44. The first-order chi connectivity index (χ1) is 10.7. The monoisotopic (exact) mass is 361 g/mol. The molecule has 0 radical (unpaired) electrons. The number of ether oxygens (including phenoxy) is 2. The van der Waals surface area contributed by atoms with Gasteiger partial charge >= 0.3 is 0 Å². The van der Waals surface area contributed by atoms with E-state index < -0.39 is 0 Å². The molecule has 0 amide bonds. The van der Waals surface area contributed by atoms with Crippen molar-refractivity contribution in [1.82, 2.24) is 5.32 Å². The van der Waals surface area contributed by atoms with Crippen molar-refractivity contribution < 1.29 is 9.47 Å². The molecular formula is C18H20BrNO2. The Morgan fingerprint density at radius 1 is 1.14 bits per heavy atom. The number of rotatable bonds is 4. The lowest BCUT2D eigenvalue weighted by Gasteiger charge is -2.27. The van der Waals surface area contributed by atoms with Gasteiger partial charge in [-0.1, -0.05) is 12.1 Å². The molecule has 0 saturated carbocycles. The van der Waals surface area contributed by atoms with Gasteiger partial charge in [-0.3, -0.25) is 0 Å². The highest BCUT2D eigenvalue weighted by Gasteiger charge is 2.20. The Bertz CT molecular complexity index is 672. The topological polar surface area (TPSA) is 30.5 Å². The van der Waals surface area contributed by atoms with E-state index in [-0.39, 0.29) is 0 Å². The molecule has 0 bridgehead atoms. The third kappa shape index (κ3) is 3.13. The number of fused-ring (bicyclic) bond motifs is 1. The molecule has 1 aliphatic rings. The molecule has 1 unspecified atom stereocenters. The second kappa shape index (κ2) is 6.71. The van der Waals surface area contributed by atoms with Crippen molar-refractivity contribution in [2.24, 2.45) is 0 Å². The van der Waals surface area contributed by atoms with E-state index in [1.54, 1.807) is 14.2 Å². The number of halogens is 1. The molecule has 0 aromatic heterocycles. The maximum Gasteiger partial charge on any atom is 0.133 e. The van der Waals surface area contributed by atoms with E-state index in [0.717, 1.165) is 35.4 Å². The zero-order chi connectivity index (χ0) is 15.5. The summed E-state index contributed by atoms with van der Waals surface area (Å²) < 4.78 is 11.6. The Morgan fingerprint density at radius 3 is 2.73 bits per heavy atom. The molecule has 116 valence electrons. The highest BCUT2D eigenvalue weighted by molar-refractivity contribution is 9.10. The summed E-state index contributed by atoms with van der Waals surface area (Å²) in [6.07, 6.45) is 2.01. The van der Waals surface area contributed by atoms with Crippen LogP contribution in [-0.2, 0) is 12.8 Å². The summed E-state index contributed by atoms with van der Waals surface area (Å²) in [4.78, 5) is 0. The van der Waals surface area contributed by atoms with Crippen molar-refractivity contribution in [2.75, 3.05) is 20.8 Å². The van der Waals surface area contributed by atoms with Crippen molar-refractivity contribution in [3.8, 4) is 11.5 Å². The average molecular weight is 362 g/mol. The number of methoxy groups -OCH3 is 2. The predicted octanol–water partition coefficient (Wildman–Crippen LogP) is 3.90. The highest BCUT2D eigenvalue weighted by Crippen LogP contribution is 2.31. The normalized spacial score (nSPS) is 17.0. The number of hydrogen-bond acceptors (Lipinski definition) is 3. The van der Waals surface area contributed by atoms with E-state index in [1.165, 1.54) is 16.7 Å². The second-order valence-electron chi connectivity index (χ2n) is 5.49. The van der Waals surface area contributed by atoms with Gasteiger partial charge < -0.3 is 14.8 Å².